The topological polar surface area (TPSA) is 60.8 Å². The second-order valence-electron chi connectivity index (χ2n) is 6.78. The summed E-state index contributed by atoms with van der Waals surface area (Å²) in [7, 11) is 1.54. The summed E-state index contributed by atoms with van der Waals surface area (Å²) in [5.74, 6) is 1.24. The molecule has 2 aromatic carbocycles. The van der Waals surface area contributed by atoms with Crippen LogP contribution in [-0.4, -0.2) is 36.5 Å². The third kappa shape index (κ3) is 3.43. The second-order valence-corrected chi connectivity index (χ2v) is 6.78. The van der Waals surface area contributed by atoms with Crippen molar-refractivity contribution in [3.63, 3.8) is 0 Å². The lowest BCUT2D eigenvalue weighted by Crippen LogP contribution is -2.16. The van der Waals surface area contributed by atoms with E-state index < -0.39 is 0 Å². The van der Waals surface area contributed by atoms with E-state index >= 15 is 0 Å². The predicted octanol–water partition coefficient (Wildman–Crippen LogP) is 4.48. The lowest BCUT2D eigenvalue weighted by molar-refractivity contribution is 0.0684. The first kappa shape index (κ1) is 17.6. The molecule has 0 bridgehead atoms. The van der Waals surface area contributed by atoms with Crippen LogP contribution in [0.3, 0.4) is 0 Å². The molecule has 1 aliphatic rings. The van der Waals surface area contributed by atoms with E-state index in [0.717, 1.165) is 41.7 Å². The maximum atomic E-state index is 10.5. The number of benzene rings is 2. The molecule has 1 aliphatic heterocycles. The van der Waals surface area contributed by atoms with Crippen molar-refractivity contribution in [2.75, 3.05) is 20.3 Å². The van der Waals surface area contributed by atoms with Crippen LogP contribution in [0.4, 0.5) is 0 Å². The molecule has 5 nitrogen and oxygen atoms in total. The van der Waals surface area contributed by atoms with Gasteiger partial charge in [0.2, 0.25) is 0 Å². The number of rotatable bonds is 5. The molecule has 2 heterocycles. The van der Waals surface area contributed by atoms with Crippen LogP contribution >= 0.6 is 0 Å². The van der Waals surface area contributed by atoms with E-state index in [4.69, 9.17) is 19.2 Å². The molecule has 1 fully saturated rings. The maximum absolute atomic E-state index is 10.5. The Morgan fingerprint density at radius 3 is 2.78 bits per heavy atom. The van der Waals surface area contributed by atoms with Crippen molar-refractivity contribution in [3.8, 4) is 28.5 Å². The molecule has 1 atom stereocenters. The number of hydrogen-bond acceptors (Lipinski definition) is 5. The van der Waals surface area contributed by atoms with E-state index in [9.17, 15) is 5.11 Å². The van der Waals surface area contributed by atoms with Gasteiger partial charge in [-0.05, 0) is 49.6 Å². The van der Waals surface area contributed by atoms with Gasteiger partial charge in [-0.2, -0.15) is 0 Å². The van der Waals surface area contributed by atoms with E-state index in [2.05, 4.69) is 0 Å². The molecule has 5 heteroatoms. The Morgan fingerprint density at radius 1 is 1.19 bits per heavy atom. The molecular weight excluding hydrogens is 342 g/mol. The zero-order valence-corrected chi connectivity index (χ0v) is 15.6. The fourth-order valence-electron chi connectivity index (χ4n) is 3.50. The average Bonchev–Trinajstić information content (AvgIpc) is 3.20. The molecule has 0 spiro atoms. The van der Waals surface area contributed by atoms with Crippen molar-refractivity contribution in [3.05, 3.63) is 48.0 Å². The first-order valence-electron chi connectivity index (χ1n) is 9.18. The van der Waals surface area contributed by atoms with Gasteiger partial charge in [-0.3, -0.25) is 0 Å². The summed E-state index contributed by atoms with van der Waals surface area (Å²) in [5, 5.41) is 11.5. The Hall–Kier alpha value is -2.79. The van der Waals surface area contributed by atoms with Gasteiger partial charge in [-0.25, -0.2) is 4.98 Å². The van der Waals surface area contributed by atoms with Crippen molar-refractivity contribution < 1.29 is 19.3 Å². The number of methoxy groups -OCH3 is 1. The van der Waals surface area contributed by atoms with Crippen molar-refractivity contribution in [2.45, 2.75) is 25.9 Å². The Balaban J connectivity index is 1.76. The molecule has 0 radical (unpaired) electrons. The van der Waals surface area contributed by atoms with Crippen LogP contribution in [0.25, 0.3) is 22.2 Å². The lowest BCUT2D eigenvalue weighted by Gasteiger charge is -2.15. The molecule has 0 amide bonds. The number of nitrogens with zero attached hydrogens (tertiary/aromatic N) is 1. The number of ether oxygens (including phenoxy) is 3. The number of para-hydroxylation sites is 2. The van der Waals surface area contributed by atoms with E-state index in [1.165, 1.54) is 7.11 Å². The van der Waals surface area contributed by atoms with Crippen LogP contribution in [0.15, 0.2) is 42.5 Å². The van der Waals surface area contributed by atoms with Gasteiger partial charge in [0.05, 0.1) is 18.9 Å². The van der Waals surface area contributed by atoms with Gasteiger partial charge in [0.15, 0.2) is 11.5 Å². The van der Waals surface area contributed by atoms with Gasteiger partial charge in [-0.1, -0.05) is 18.2 Å². The zero-order valence-electron chi connectivity index (χ0n) is 15.6. The summed E-state index contributed by atoms with van der Waals surface area (Å²) < 4.78 is 16.9. The smallest absolute Gasteiger partial charge is 0.167 e. The van der Waals surface area contributed by atoms with Crippen LogP contribution < -0.4 is 9.47 Å². The van der Waals surface area contributed by atoms with E-state index in [1.807, 2.05) is 43.3 Å². The molecule has 27 heavy (non-hydrogen) atoms. The van der Waals surface area contributed by atoms with E-state index in [1.54, 1.807) is 6.07 Å². The molecule has 1 saturated heterocycles. The van der Waals surface area contributed by atoms with Gasteiger partial charge < -0.3 is 19.3 Å². The van der Waals surface area contributed by atoms with Crippen LogP contribution in [0.5, 0.6) is 17.2 Å². The minimum Gasteiger partial charge on any atom is -0.504 e. The lowest BCUT2D eigenvalue weighted by atomic mass is 10.0. The van der Waals surface area contributed by atoms with Gasteiger partial charge in [0.1, 0.15) is 17.9 Å². The maximum Gasteiger partial charge on any atom is 0.167 e. The fraction of sp³-hybridized carbons (Fsp3) is 0.318. The van der Waals surface area contributed by atoms with Crippen LogP contribution in [0.2, 0.25) is 0 Å². The SMILES string of the molecule is COc1cccc(-c2cc(C)c3cccc(OCC4CCCO4)c3n2)c1O. The molecule has 0 aliphatic carbocycles. The Labute approximate surface area is 158 Å². The van der Waals surface area contributed by atoms with Crippen LogP contribution in [0, 0.1) is 6.92 Å². The van der Waals surface area contributed by atoms with Gasteiger partial charge in [0.25, 0.3) is 0 Å². The van der Waals surface area contributed by atoms with Gasteiger partial charge in [0, 0.05) is 17.6 Å². The Kier molecular flexibility index (Phi) is 4.86. The van der Waals surface area contributed by atoms with Gasteiger partial charge >= 0.3 is 0 Å². The molecule has 1 unspecified atom stereocenters. The predicted molar refractivity (Wildman–Crippen MR) is 105 cm³/mol. The minimum absolute atomic E-state index is 0.0870. The summed E-state index contributed by atoms with van der Waals surface area (Å²) in [5.41, 5.74) is 3.17. The number of fused-ring (bicyclic) bond motifs is 1. The number of aromatic nitrogens is 1. The van der Waals surface area contributed by atoms with Crippen LogP contribution in [0.1, 0.15) is 18.4 Å². The van der Waals surface area contributed by atoms with Crippen molar-refractivity contribution in [2.24, 2.45) is 0 Å². The van der Waals surface area contributed by atoms with Gasteiger partial charge in [-0.15, -0.1) is 0 Å². The first-order valence-corrected chi connectivity index (χ1v) is 9.18. The standard InChI is InChI=1S/C22H23NO4/c1-14-12-18(17-8-4-10-20(25-2)22(17)24)23-21-16(14)7-3-9-19(21)27-13-15-6-5-11-26-15/h3-4,7-10,12,15,24H,5-6,11,13H2,1-2H3. The fourth-order valence-corrected chi connectivity index (χ4v) is 3.50. The van der Waals surface area contributed by atoms with Crippen LogP contribution in [-0.2, 0) is 4.74 Å². The van der Waals surface area contributed by atoms with E-state index in [-0.39, 0.29) is 11.9 Å². The Bertz CT molecular complexity index is 964. The molecule has 140 valence electrons. The normalized spacial score (nSPS) is 16.6. The second kappa shape index (κ2) is 7.45. The van der Waals surface area contributed by atoms with Crippen molar-refractivity contribution in [1.82, 2.24) is 4.98 Å². The monoisotopic (exact) mass is 365 g/mol. The summed E-state index contributed by atoms with van der Waals surface area (Å²) in [4.78, 5) is 4.81. The third-order valence-electron chi connectivity index (χ3n) is 4.95. The molecule has 1 aromatic heterocycles. The largest absolute Gasteiger partial charge is 0.504 e. The number of phenolic OH excluding ortho intramolecular Hbond substituents is 1. The highest BCUT2D eigenvalue weighted by molar-refractivity contribution is 5.90. The third-order valence-corrected chi connectivity index (χ3v) is 4.95. The highest BCUT2D eigenvalue weighted by atomic mass is 16.5. The molecule has 3 aromatic rings. The number of aryl methyl sites for hydroxylation is 1. The summed E-state index contributed by atoms with van der Waals surface area (Å²) in [6.45, 7) is 3.36. The quantitative estimate of drug-likeness (QED) is 0.722. The summed E-state index contributed by atoms with van der Waals surface area (Å²) >= 11 is 0. The molecular formula is C22H23NO4. The molecule has 1 N–H and O–H groups in total. The summed E-state index contributed by atoms with van der Waals surface area (Å²) in [6, 6.07) is 13.3. The molecule has 4 rings (SSSR count). The van der Waals surface area contributed by atoms with E-state index in [0.29, 0.717) is 23.6 Å². The number of phenols is 1. The average molecular weight is 365 g/mol. The summed E-state index contributed by atoms with van der Waals surface area (Å²) in [6.07, 6.45) is 2.26. The van der Waals surface area contributed by atoms with Crippen molar-refractivity contribution in [1.29, 1.82) is 0 Å². The highest BCUT2D eigenvalue weighted by Crippen LogP contribution is 2.38. The van der Waals surface area contributed by atoms with Crippen molar-refractivity contribution >= 4 is 10.9 Å². The number of hydrogen-bond donors (Lipinski definition) is 1. The number of aromatic hydroxyl groups is 1. The first-order chi connectivity index (χ1) is 13.2. The minimum atomic E-state index is 0.0870. The Morgan fingerprint density at radius 2 is 2.00 bits per heavy atom. The molecule has 0 saturated carbocycles. The number of pyridine rings is 1. The highest BCUT2D eigenvalue weighted by Gasteiger charge is 2.18. The zero-order chi connectivity index (χ0) is 18.8.